The van der Waals surface area contributed by atoms with Gasteiger partial charge in [0.05, 0.1) is 23.8 Å². The van der Waals surface area contributed by atoms with Gasteiger partial charge in [0.25, 0.3) is 0 Å². The molecule has 20 heavy (non-hydrogen) atoms. The maximum atomic E-state index is 12.4. The molecule has 7 heteroatoms. The number of benzene rings is 1. The van der Waals surface area contributed by atoms with Gasteiger partial charge in [0.15, 0.2) is 5.51 Å². The smallest absolute Gasteiger partial charge is 0.243 e. The van der Waals surface area contributed by atoms with Crippen LogP contribution in [0, 0.1) is 5.51 Å². The van der Waals surface area contributed by atoms with E-state index in [0.717, 1.165) is 11.3 Å². The summed E-state index contributed by atoms with van der Waals surface area (Å²) in [6.07, 6.45) is 0. The molecule has 1 aromatic heterocycles. The molecule has 0 amide bonds. The molecule has 0 atom stereocenters. The number of thiazole rings is 1. The second kappa shape index (κ2) is 5.61. The molecule has 1 saturated heterocycles. The molecule has 2 heterocycles. The van der Waals surface area contributed by atoms with Gasteiger partial charge in [0.1, 0.15) is 0 Å². The Morgan fingerprint density at radius 2 is 1.90 bits per heavy atom. The van der Waals surface area contributed by atoms with Gasteiger partial charge >= 0.3 is 0 Å². The second-order valence-corrected chi connectivity index (χ2v) is 6.96. The fourth-order valence-corrected chi connectivity index (χ4v) is 3.96. The number of aromatic nitrogens is 1. The first-order chi connectivity index (χ1) is 9.68. The summed E-state index contributed by atoms with van der Waals surface area (Å²) in [5.74, 6) is 0. The molecule has 5 nitrogen and oxygen atoms in total. The third-order valence-electron chi connectivity index (χ3n) is 3.15. The van der Waals surface area contributed by atoms with Crippen molar-refractivity contribution in [1.82, 2.24) is 9.29 Å². The Bertz CT molecular complexity index is 660. The summed E-state index contributed by atoms with van der Waals surface area (Å²) in [5, 5.41) is 1.88. The summed E-state index contributed by atoms with van der Waals surface area (Å²) in [6, 6.07) is 6.80. The summed E-state index contributed by atoms with van der Waals surface area (Å²) in [7, 11) is -3.42. The molecular formula is C13H13N2O3S2. The molecule has 0 N–H and O–H groups in total. The van der Waals surface area contributed by atoms with E-state index in [9.17, 15) is 8.42 Å². The molecule has 105 valence electrons. The lowest BCUT2D eigenvalue weighted by Gasteiger charge is -2.26. The first kappa shape index (κ1) is 13.7. The van der Waals surface area contributed by atoms with E-state index in [0.29, 0.717) is 31.2 Å². The summed E-state index contributed by atoms with van der Waals surface area (Å²) in [4.78, 5) is 4.39. The topological polar surface area (TPSA) is 59.5 Å². The third-order valence-corrected chi connectivity index (χ3v) is 5.60. The SMILES string of the molecule is O=S(=O)(c1ccc(-c2cs[c]n2)cc1)N1CCOCC1. The zero-order valence-electron chi connectivity index (χ0n) is 10.7. The van der Waals surface area contributed by atoms with Crippen molar-refractivity contribution in [3.63, 3.8) is 0 Å². The maximum Gasteiger partial charge on any atom is 0.243 e. The number of morpholine rings is 1. The van der Waals surface area contributed by atoms with Crippen molar-refractivity contribution >= 4 is 21.4 Å². The molecule has 0 bridgehead atoms. The van der Waals surface area contributed by atoms with Crippen LogP contribution in [-0.2, 0) is 14.8 Å². The minimum Gasteiger partial charge on any atom is -0.379 e. The first-order valence-electron chi connectivity index (χ1n) is 6.18. The first-order valence-corrected chi connectivity index (χ1v) is 8.50. The Hall–Kier alpha value is -1.28. The Morgan fingerprint density at radius 3 is 2.50 bits per heavy atom. The summed E-state index contributed by atoms with van der Waals surface area (Å²) in [6.45, 7) is 1.72. The van der Waals surface area contributed by atoms with Crippen LogP contribution in [0.3, 0.4) is 0 Å². The van der Waals surface area contributed by atoms with Crippen LogP contribution in [0.4, 0.5) is 0 Å². The van der Waals surface area contributed by atoms with Gasteiger partial charge in [-0.2, -0.15) is 4.31 Å². The van der Waals surface area contributed by atoms with Gasteiger partial charge in [0.2, 0.25) is 10.0 Å². The lowest BCUT2D eigenvalue weighted by atomic mass is 10.2. The van der Waals surface area contributed by atoms with Gasteiger partial charge in [-0.3, -0.25) is 0 Å². The highest BCUT2D eigenvalue weighted by Gasteiger charge is 2.26. The van der Waals surface area contributed by atoms with Crippen LogP contribution in [0.2, 0.25) is 0 Å². The number of sulfonamides is 1. The van der Waals surface area contributed by atoms with Crippen LogP contribution in [0.1, 0.15) is 0 Å². The van der Waals surface area contributed by atoms with E-state index in [-0.39, 0.29) is 0 Å². The van der Waals surface area contributed by atoms with E-state index < -0.39 is 10.0 Å². The van der Waals surface area contributed by atoms with Crippen molar-refractivity contribution in [2.45, 2.75) is 4.90 Å². The fourth-order valence-electron chi connectivity index (χ4n) is 2.05. The van der Waals surface area contributed by atoms with E-state index in [2.05, 4.69) is 10.5 Å². The molecule has 3 rings (SSSR count). The van der Waals surface area contributed by atoms with Crippen molar-refractivity contribution in [3.05, 3.63) is 35.2 Å². The highest BCUT2D eigenvalue weighted by atomic mass is 32.2. The number of ether oxygens (including phenoxy) is 1. The van der Waals surface area contributed by atoms with Gasteiger partial charge in [-0.05, 0) is 12.1 Å². The lowest BCUT2D eigenvalue weighted by Crippen LogP contribution is -2.40. The Labute approximate surface area is 121 Å². The van der Waals surface area contributed by atoms with Crippen molar-refractivity contribution in [3.8, 4) is 11.3 Å². The highest BCUT2D eigenvalue weighted by molar-refractivity contribution is 7.89. The minimum atomic E-state index is -3.42. The molecule has 0 spiro atoms. The Morgan fingerprint density at radius 1 is 1.20 bits per heavy atom. The van der Waals surface area contributed by atoms with Crippen molar-refractivity contribution in [2.24, 2.45) is 0 Å². The molecule has 0 aliphatic carbocycles. The Balaban J connectivity index is 1.87. The maximum absolute atomic E-state index is 12.4. The molecule has 2 aromatic rings. The van der Waals surface area contributed by atoms with Crippen LogP contribution >= 0.6 is 11.3 Å². The molecule has 1 aliphatic rings. The lowest BCUT2D eigenvalue weighted by molar-refractivity contribution is 0.0730. The van der Waals surface area contributed by atoms with Crippen molar-refractivity contribution in [1.29, 1.82) is 0 Å². The van der Waals surface area contributed by atoms with E-state index in [4.69, 9.17) is 4.74 Å². The van der Waals surface area contributed by atoms with Crippen molar-refractivity contribution in [2.75, 3.05) is 26.3 Å². The van der Waals surface area contributed by atoms with Gasteiger partial charge in [-0.15, -0.1) is 11.3 Å². The molecule has 1 fully saturated rings. The highest BCUT2D eigenvalue weighted by Crippen LogP contribution is 2.23. The number of hydrogen-bond donors (Lipinski definition) is 0. The van der Waals surface area contributed by atoms with Gasteiger partial charge in [-0.1, -0.05) is 12.1 Å². The largest absolute Gasteiger partial charge is 0.379 e. The molecular weight excluding hydrogens is 296 g/mol. The standard InChI is InChI=1S/C13H13N2O3S2/c16-20(17,15-5-7-18-8-6-15)12-3-1-11(2-4-12)13-9-19-10-14-13/h1-4,9H,5-8H2. The molecule has 1 radical (unpaired) electrons. The third kappa shape index (κ3) is 2.62. The van der Waals surface area contributed by atoms with Crippen LogP contribution in [0.15, 0.2) is 34.5 Å². The van der Waals surface area contributed by atoms with Crippen LogP contribution in [-0.4, -0.2) is 44.0 Å². The van der Waals surface area contributed by atoms with Gasteiger partial charge in [-0.25, -0.2) is 13.4 Å². The summed E-state index contributed by atoms with van der Waals surface area (Å²) >= 11 is 1.39. The predicted octanol–water partition coefficient (Wildman–Crippen LogP) is 1.63. The summed E-state index contributed by atoms with van der Waals surface area (Å²) < 4.78 is 31.5. The average Bonchev–Trinajstić information content (AvgIpc) is 3.02. The molecule has 0 unspecified atom stereocenters. The normalized spacial score (nSPS) is 17.2. The van der Waals surface area contributed by atoms with Crippen LogP contribution in [0.5, 0.6) is 0 Å². The average molecular weight is 309 g/mol. The number of nitrogens with zero attached hydrogens (tertiary/aromatic N) is 2. The molecule has 1 aliphatic heterocycles. The number of hydrogen-bond acceptors (Lipinski definition) is 5. The zero-order chi connectivity index (χ0) is 14.0. The van der Waals surface area contributed by atoms with E-state index in [1.54, 1.807) is 24.3 Å². The van der Waals surface area contributed by atoms with E-state index in [1.807, 2.05) is 5.38 Å². The van der Waals surface area contributed by atoms with Crippen LogP contribution < -0.4 is 0 Å². The second-order valence-electron chi connectivity index (χ2n) is 4.36. The monoisotopic (exact) mass is 309 g/mol. The molecule has 0 saturated carbocycles. The zero-order valence-corrected chi connectivity index (χ0v) is 12.3. The Kier molecular flexibility index (Phi) is 3.84. The van der Waals surface area contributed by atoms with Gasteiger partial charge in [0, 0.05) is 24.0 Å². The van der Waals surface area contributed by atoms with E-state index in [1.165, 1.54) is 15.6 Å². The summed E-state index contributed by atoms with van der Waals surface area (Å²) in [5.41, 5.74) is 4.48. The molecule has 1 aromatic carbocycles. The quantitative estimate of drug-likeness (QED) is 0.864. The van der Waals surface area contributed by atoms with Crippen molar-refractivity contribution < 1.29 is 13.2 Å². The predicted molar refractivity (Wildman–Crippen MR) is 76.0 cm³/mol. The van der Waals surface area contributed by atoms with E-state index >= 15 is 0 Å². The van der Waals surface area contributed by atoms with Crippen LogP contribution in [0.25, 0.3) is 11.3 Å². The minimum absolute atomic E-state index is 0.308. The van der Waals surface area contributed by atoms with Gasteiger partial charge < -0.3 is 4.74 Å². The fraction of sp³-hybridized carbons (Fsp3) is 0.308. The number of rotatable bonds is 3.